The molecule has 0 aliphatic heterocycles. The first kappa shape index (κ1) is 13.2. The van der Waals surface area contributed by atoms with E-state index in [1.165, 1.54) is 6.26 Å². The summed E-state index contributed by atoms with van der Waals surface area (Å²) in [6, 6.07) is 6.84. The van der Waals surface area contributed by atoms with Crippen molar-refractivity contribution in [3.05, 3.63) is 29.8 Å². The molecule has 1 aromatic carbocycles. The van der Waals surface area contributed by atoms with Gasteiger partial charge in [-0.05, 0) is 24.1 Å². The van der Waals surface area contributed by atoms with Gasteiger partial charge in [0.2, 0.25) is 0 Å². The molecule has 0 unspecified atom stereocenters. The van der Waals surface area contributed by atoms with Crippen molar-refractivity contribution in [1.29, 1.82) is 0 Å². The lowest BCUT2D eigenvalue weighted by Crippen LogP contribution is -2.10. The maximum absolute atomic E-state index is 11.4. The molecule has 0 aliphatic rings. The minimum absolute atomic E-state index is 0.0679. The fourth-order valence-electron chi connectivity index (χ4n) is 1.57. The minimum atomic E-state index is -3.13. The van der Waals surface area contributed by atoms with Crippen LogP contribution in [0.5, 0.6) is 0 Å². The van der Waals surface area contributed by atoms with Crippen molar-refractivity contribution in [3.8, 4) is 0 Å². The van der Waals surface area contributed by atoms with Crippen LogP contribution in [0.1, 0.15) is 37.8 Å². The van der Waals surface area contributed by atoms with E-state index in [1.54, 1.807) is 18.2 Å². The predicted molar refractivity (Wildman–Crippen MR) is 66.0 cm³/mol. The second kappa shape index (κ2) is 5.46. The Balaban J connectivity index is 2.90. The molecule has 0 fully saturated rings. The Morgan fingerprint density at radius 1 is 1.38 bits per heavy atom. The Hall–Kier alpha value is -0.870. The van der Waals surface area contributed by atoms with E-state index in [1.807, 2.05) is 6.07 Å². The van der Waals surface area contributed by atoms with E-state index >= 15 is 0 Å². The van der Waals surface area contributed by atoms with Crippen LogP contribution in [-0.4, -0.2) is 14.7 Å². The summed E-state index contributed by atoms with van der Waals surface area (Å²) in [4.78, 5) is 0.344. The number of hydrogen-bond acceptors (Lipinski definition) is 3. The zero-order valence-corrected chi connectivity index (χ0v) is 10.6. The lowest BCUT2D eigenvalue weighted by atomic mass is 10.0. The first-order chi connectivity index (χ1) is 7.45. The van der Waals surface area contributed by atoms with Gasteiger partial charge in [0.15, 0.2) is 9.84 Å². The fraction of sp³-hybridized carbons (Fsp3) is 0.500. The topological polar surface area (TPSA) is 60.2 Å². The quantitative estimate of drug-likeness (QED) is 0.860. The first-order valence-corrected chi connectivity index (χ1v) is 7.40. The number of benzene rings is 1. The molecule has 1 aromatic rings. The normalized spacial score (nSPS) is 13.7. The van der Waals surface area contributed by atoms with Gasteiger partial charge in [-0.25, -0.2) is 8.42 Å². The predicted octanol–water partition coefficient (Wildman–Crippen LogP) is 2.28. The Bertz CT molecular complexity index is 440. The molecule has 0 bridgehead atoms. The smallest absolute Gasteiger partial charge is 0.175 e. The summed E-state index contributed by atoms with van der Waals surface area (Å²) in [6.45, 7) is 2.11. The van der Waals surface area contributed by atoms with Crippen molar-refractivity contribution in [2.45, 2.75) is 37.1 Å². The highest BCUT2D eigenvalue weighted by Crippen LogP contribution is 2.19. The highest BCUT2D eigenvalue weighted by Gasteiger charge is 2.10. The molecular formula is C12H19NO2S. The molecule has 0 saturated carbocycles. The van der Waals surface area contributed by atoms with Crippen LogP contribution in [0.4, 0.5) is 0 Å². The average molecular weight is 241 g/mol. The van der Waals surface area contributed by atoms with Crippen LogP contribution in [0.2, 0.25) is 0 Å². The van der Waals surface area contributed by atoms with Crippen LogP contribution in [0.15, 0.2) is 29.2 Å². The third-order valence-electron chi connectivity index (χ3n) is 2.58. The van der Waals surface area contributed by atoms with E-state index in [9.17, 15) is 8.42 Å². The second-order valence-corrected chi connectivity index (χ2v) is 6.11. The lowest BCUT2D eigenvalue weighted by Gasteiger charge is -2.12. The van der Waals surface area contributed by atoms with Gasteiger partial charge in [-0.2, -0.15) is 0 Å². The van der Waals surface area contributed by atoms with Gasteiger partial charge in [0.05, 0.1) is 4.90 Å². The van der Waals surface area contributed by atoms with Crippen LogP contribution >= 0.6 is 0 Å². The summed E-state index contributed by atoms with van der Waals surface area (Å²) >= 11 is 0. The van der Waals surface area contributed by atoms with E-state index in [-0.39, 0.29) is 6.04 Å². The molecule has 0 spiro atoms. The van der Waals surface area contributed by atoms with Gasteiger partial charge in [0.1, 0.15) is 0 Å². The van der Waals surface area contributed by atoms with E-state index in [2.05, 4.69) is 6.92 Å². The molecule has 90 valence electrons. The van der Waals surface area contributed by atoms with Gasteiger partial charge < -0.3 is 5.73 Å². The van der Waals surface area contributed by atoms with Gasteiger partial charge >= 0.3 is 0 Å². The molecule has 4 heteroatoms. The summed E-state index contributed by atoms with van der Waals surface area (Å²) in [5.74, 6) is 0. The molecule has 0 aliphatic carbocycles. The molecule has 3 nitrogen and oxygen atoms in total. The number of rotatable bonds is 5. The molecule has 16 heavy (non-hydrogen) atoms. The maximum Gasteiger partial charge on any atom is 0.175 e. The molecule has 1 atom stereocenters. The Kier molecular flexibility index (Phi) is 4.50. The fourth-order valence-corrected chi connectivity index (χ4v) is 2.24. The highest BCUT2D eigenvalue weighted by molar-refractivity contribution is 7.90. The number of unbranched alkanes of at least 4 members (excludes halogenated alkanes) is 1. The van der Waals surface area contributed by atoms with Gasteiger partial charge in [-0.15, -0.1) is 0 Å². The van der Waals surface area contributed by atoms with Gasteiger partial charge in [0, 0.05) is 12.3 Å². The molecule has 0 saturated heterocycles. The molecule has 0 amide bonds. The third kappa shape index (κ3) is 3.61. The summed E-state index contributed by atoms with van der Waals surface area (Å²) < 4.78 is 22.8. The minimum Gasteiger partial charge on any atom is -0.324 e. The second-order valence-electron chi connectivity index (χ2n) is 4.09. The van der Waals surface area contributed by atoms with Crippen molar-refractivity contribution in [1.82, 2.24) is 0 Å². The standard InChI is InChI=1S/C12H19NO2S/c1-3-4-8-12(13)10-6-5-7-11(9-10)16(2,14)15/h5-7,9,12H,3-4,8,13H2,1-2H3/t12-/m1/s1. The van der Waals surface area contributed by atoms with Crippen LogP contribution < -0.4 is 5.73 Å². The van der Waals surface area contributed by atoms with Crippen molar-refractivity contribution < 1.29 is 8.42 Å². The molecule has 1 rings (SSSR count). The van der Waals surface area contributed by atoms with Gasteiger partial charge in [0.25, 0.3) is 0 Å². The van der Waals surface area contributed by atoms with Gasteiger partial charge in [-0.1, -0.05) is 31.9 Å². The molecule has 0 aromatic heterocycles. The Labute approximate surface area is 97.6 Å². The monoisotopic (exact) mass is 241 g/mol. The van der Waals surface area contributed by atoms with Crippen molar-refractivity contribution in [2.24, 2.45) is 5.73 Å². The Morgan fingerprint density at radius 3 is 2.62 bits per heavy atom. The average Bonchev–Trinajstić information content (AvgIpc) is 2.25. The molecular weight excluding hydrogens is 222 g/mol. The summed E-state index contributed by atoms with van der Waals surface area (Å²) in [5, 5.41) is 0. The molecule has 0 heterocycles. The van der Waals surface area contributed by atoms with Crippen molar-refractivity contribution in [3.63, 3.8) is 0 Å². The van der Waals surface area contributed by atoms with Crippen LogP contribution in [0.3, 0.4) is 0 Å². The SMILES string of the molecule is CCCC[C@@H](N)c1cccc(S(C)(=O)=O)c1. The van der Waals surface area contributed by atoms with E-state index in [0.717, 1.165) is 24.8 Å². The van der Waals surface area contributed by atoms with Crippen molar-refractivity contribution in [2.75, 3.05) is 6.26 Å². The zero-order chi connectivity index (χ0) is 12.2. The molecule has 2 N–H and O–H groups in total. The summed E-state index contributed by atoms with van der Waals surface area (Å²) in [5.41, 5.74) is 6.90. The van der Waals surface area contributed by atoms with Crippen LogP contribution in [-0.2, 0) is 9.84 Å². The zero-order valence-electron chi connectivity index (χ0n) is 9.81. The highest BCUT2D eigenvalue weighted by atomic mass is 32.2. The van der Waals surface area contributed by atoms with Crippen LogP contribution in [0.25, 0.3) is 0 Å². The maximum atomic E-state index is 11.4. The van der Waals surface area contributed by atoms with E-state index < -0.39 is 9.84 Å². The number of hydrogen-bond donors (Lipinski definition) is 1. The first-order valence-electron chi connectivity index (χ1n) is 5.50. The third-order valence-corrected chi connectivity index (χ3v) is 3.69. The molecule has 0 radical (unpaired) electrons. The van der Waals surface area contributed by atoms with E-state index in [0.29, 0.717) is 4.90 Å². The van der Waals surface area contributed by atoms with Gasteiger partial charge in [-0.3, -0.25) is 0 Å². The van der Waals surface area contributed by atoms with E-state index in [4.69, 9.17) is 5.73 Å². The number of nitrogens with two attached hydrogens (primary N) is 1. The Morgan fingerprint density at radius 2 is 2.06 bits per heavy atom. The van der Waals surface area contributed by atoms with Crippen molar-refractivity contribution >= 4 is 9.84 Å². The lowest BCUT2D eigenvalue weighted by molar-refractivity contribution is 0.596. The largest absolute Gasteiger partial charge is 0.324 e. The number of sulfone groups is 1. The summed E-state index contributed by atoms with van der Waals surface area (Å²) in [6.07, 6.45) is 4.26. The summed E-state index contributed by atoms with van der Waals surface area (Å²) in [7, 11) is -3.13. The van der Waals surface area contributed by atoms with Crippen LogP contribution in [0, 0.1) is 0 Å².